The van der Waals surface area contributed by atoms with Crippen LogP contribution in [0.4, 0.5) is 5.69 Å². The molecule has 0 aromatic heterocycles. The highest BCUT2D eigenvalue weighted by Crippen LogP contribution is 2.35. The molecule has 4 rings (SSSR count). The van der Waals surface area contributed by atoms with E-state index in [1.54, 1.807) is 0 Å². The van der Waals surface area contributed by atoms with Gasteiger partial charge in [-0.15, -0.1) is 0 Å². The smallest absolute Gasteiger partial charge is 0.203 e. The SMILES string of the molecule is C[N+](C)=c1ccc2nc3c(OCCCN=[N+]=[N-])cc(N4CCCCC4)cc3oc-2c1. The highest BCUT2D eigenvalue weighted by atomic mass is 16.5. The van der Waals surface area contributed by atoms with E-state index in [4.69, 9.17) is 19.7 Å². The lowest BCUT2D eigenvalue weighted by Crippen LogP contribution is -2.29. The maximum absolute atomic E-state index is 8.45. The van der Waals surface area contributed by atoms with Crippen LogP contribution in [0.5, 0.6) is 5.75 Å². The van der Waals surface area contributed by atoms with E-state index in [9.17, 15) is 0 Å². The molecule has 0 bridgehead atoms. The molecule has 0 spiro atoms. The summed E-state index contributed by atoms with van der Waals surface area (Å²) in [6.07, 6.45) is 4.31. The van der Waals surface area contributed by atoms with Crippen molar-refractivity contribution in [1.82, 2.24) is 9.56 Å². The van der Waals surface area contributed by atoms with E-state index in [1.165, 1.54) is 19.3 Å². The Labute approximate surface area is 175 Å². The molecule has 8 nitrogen and oxygen atoms in total. The fourth-order valence-electron chi connectivity index (χ4n) is 3.76. The van der Waals surface area contributed by atoms with E-state index in [0.717, 1.165) is 35.6 Å². The fraction of sp³-hybridized carbons (Fsp3) is 0.455. The first-order valence-corrected chi connectivity index (χ1v) is 10.4. The fourth-order valence-corrected chi connectivity index (χ4v) is 3.76. The number of hydrogen-bond acceptors (Lipinski definition) is 5. The number of ether oxygens (including phenoxy) is 1. The summed E-state index contributed by atoms with van der Waals surface area (Å²) in [6.45, 7) is 2.94. The lowest BCUT2D eigenvalue weighted by Gasteiger charge is -2.29. The van der Waals surface area contributed by atoms with Crippen LogP contribution in [0.15, 0.2) is 39.9 Å². The molecule has 3 aliphatic rings. The van der Waals surface area contributed by atoms with Crippen molar-refractivity contribution in [3.63, 3.8) is 0 Å². The first kappa shape index (κ1) is 20.0. The average molecular weight is 407 g/mol. The average Bonchev–Trinajstić information content (AvgIpc) is 2.77. The standard InChI is InChI=1S/C22H27N6O2/c1-27(2)16-7-8-18-19(13-16)30-21-15-17(28-10-4-3-5-11-28)14-20(22(21)25-18)29-12-6-9-24-26-23/h7-8,13-15H,3-6,9-12H2,1-2H3/q+1. The Morgan fingerprint density at radius 2 is 2.03 bits per heavy atom. The van der Waals surface area contributed by atoms with Crippen LogP contribution < -0.4 is 19.6 Å². The summed E-state index contributed by atoms with van der Waals surface area (Å²) in [4.78, 5) is 10.0. The second-order valence-electron chi connectivity index (χ2n) is 7.76. The minimum Gasteiger partial charge on any atom is -0.491 e. The van der Waals surface area contributed by atoms with Crippen LogP contribution in [-0.2, 0) is 0 Å². The molecule has 0 radical (unpaired) electrons. The lowest BCUT2D eigenvalue weighted by atomic mass is 10.1. The number of rotatable bonds is 6. The van der Waals surface area contributed by atoms with Gasteiger partial charge in [-0.25, -0.2) is 9.56 Å². The zero-order chi connectivity index (χ0) is 20.9. The Hall–Kier alpha value is -3.25. The molecule has 156 valence electrons. The number of aromatic nitrogens is 1. The molecule has 0 N–H and O–H groups in total. The first-order valence-electron chi connectivity index (χ1n) is 10.4. The molecule has 0 amide bonds. The number of azide groups is 1. The summed E-state index contributed by atoms with van der Waals surface area (Å²) < 4.78 is 14.4. The van der Waals surface area contributed by atoms with Gasteiger partial charge < -0.3 is 14.1 Å². The zero-order valence-corrected chi connectivity index (χ0v) is 17.5. The van der Waals surface area contributed by atoms with E-state index in [-0.39, 0.29) is 0 Å². The Morgan fingerprint density at radius 1 is 1.20 bits per heavy atom. The molecule has 1 aromatic carbocycles. The molecule has 1 aliphatic carbocycles. The first-order chi connectivity index (χ1) is 14.7. The van der Waals surface area contributed by atoms with Crippen LogP contribution in [0.3, 0.4) is 0 Å². The number of hydrogen-bond donors (Lipinski definition) is 0. The van der Waals surface area contributed by atoms with Gasteiger partial charge in [0.1, 0.15) is 25.3 Å². The van der Waals surface area contributed by atoms with Crippen molar-refractivity contribution in [2.45, 2.75) is 25.7 Å². The largest absolute Gasteiger partial charge is 0.491 e. The van der Waals surface area contributed by atoms with Gasteiger partial charge in [0, 0.05) is 48.4 Å². The van der Waals surface area contributed by atoms with E-state index >= 15 is 0 Å². The molecule has 2 aliphatic heterocycles. The van der Waals surface area contributed by atoms with E-state index in [0.29, 0.717) is 36.4 Å². The predicted molar refractivity (Wildman–Crippen MR) is 118 cm³/mol. The monoisotopic (exact) mass is 407 g/mol. The molecule has 0 saturated carbocycles. The van der Waals surface area contributed by atoms with E-state index in [2.05, 4.69) is 27.1 Å². The maximum atomic E-state index is 8.45. The third-order valence-corrected chi connectivity index (χ3v) is 5.38. The second kappa shape index (κ2) is 9.05. The molecule has 8 heteroatoms. The molecule has 30 heavy (non-hydrogen) atoms. The number of nitrogens with zero attached hydrogens (tertiary/aromatic N) is 6. The maximum Gasteiger partial charge on any atom is 0.203 e. The van der Waals surface area contributed by atoms with Crippen molar-refractivity contribution < 1.29 is 9.15 Å². The Bertz CT molecular complexity index is 1120. The van der Waals surface area contributed by atoms with E-state index in [1.807, 2.05) is 36.9 Å². The number of fused-ring (bicyclic) bond motifs is 2. The lowest BCUT2D eigenvalue weighted by molar-refractivity contribution is 0.316. The highest BCUT2D eigenvalue weighted by Gasteiger charge is 2.18. The second-order valence-corrected chi connectivity index (χ2v) is 7.76. The zero-order valence-electron chi connectivity index (χ0n) is 17.5. The molecular weight excluding hydrogens is 380 g/mol. The van der Waals surface area contributed by atoms with Crippen molar-refractivity contribution in [2.75, 3.05) is 45.2 Å². The van der Waals surface area contributed by atoms with Crippen molar-refractivity contribution in [2.24, 2.45) is 5.11 Å². The van der Waals surface area contributed by atoms with Crippen molar-refractivity contribution in [1.29, 1.82) is 0 Å². The van der Waals surface area contributed by atoms with Gasteiger partial charge in [-0.2, -0.15) is 0 Å². The van der Waals surface area contributed by atoms with Crippen molar-refractivity contribution >= 4 is 16.8 Å². The van der Waals surface area contributed by atoms with E-state index < -0.39 is 0 Å². The summed E-state index contributed by atoms with van der Waals surface area (Å²) in [5.74, 6) is 1.45. The molecule has 2 heterocycles. The number of piperidine rings is 1. The molecule has 1 saturated heterocycles. The van der Waals surface area contributed by atoms with Crippen LogP contribution in [0, 0.1) is 0 Å². The molecule has 0 atom stereocenters. The minimum absolute atomic E-state index is 0.411. The third kappa shape index (κ3) is 4.33. The third-order valence-electron chi connectivity index (χ3n) is 5.38. The summed E-state index contributed by atoms with van der Waals surface area (Å²) in [7, 11) is 4.01. The van der Waals surface area contributed by atoms with Crippen LogP contribution in [-0.4, -0.2) is 45.3 Å². The van der Waals surface area contributed by atoms with Crippen molar-refractivity contribution in [3.8, 4) is 17.2 Å². The van der Waals surface area contributed by atoms with Crippen molar-refractivity contribution in [3.05, 3.63) is 46.1 Å². The molecule has 1 aromatic rings. The van der Waals surface area contributed by atoms with Gasteiger partial charge in [0.2, 0.25) is 5.36 Å². The predicted octanol–water partition coefficient (Wildman–Crippen LogP) is 4.03. The topological polar surface area (TPSA) is 90.3 Å². The quantitative estimate of drug-likeness (QED) is 0.154. The van der Waals surface area contributed by atoms with Gasteiger partial charge in [-0.05, 0) is 37.3 Å². The van der Waals surface area contributed by atoms with Gasteiger partial charge >= 0.3 is 0 Å². The molecule has 1 fully saturated rings. The van der Waals surface area contributed by atoms with Crippen LogP contribution in [0.25, 0.3) is 33.0 Å². The normalized spacial score (nSPS) is 14.0. The van der Waals surface area contributed by atoms with Crippen LogP contribution in [0.2, 0.25) is 0 Å². The van der Waals surface area contributed by atoms with Crippen LogP contribution >= 0.6 is 0 Å². The number of anilines is 1. The summed E-state index contributed by atoms with van der Waals surface area (Å²) in [5.41, 5.74) is 11.8. The molecular formula is C22H27N6O2+. The molecule has 0 unspecified atom stereocenters. The van der Waals surface area contributed by atoms with Crippen LogP contribution in [0.1, 0.15) is 25.7 Å². The van der Waals surface area contributed by atoms with Gasteiger partial charge in [-0.3, -0.25) is 0 Å². The number of benzene rings is 2. The van der Waals surface area contributed by atoms with Gasteiger partial charge in [0.05, 0.1) is 12.7 Å². The van der Waals surface area contributed by atoms with Gasteiger partial charge in [0.15, 0.2) is 17.1 Å². The van der Waals surface area contributed by atoms with Gasteiger partial charge in [-0.1, -0.05) is 5.11 Å². The Balaban J connectivity index is 1.78. The minimum atomic E-state index is 0.411. The highest BCUT2D eigenvalue weighted by molar-refractivity contribution is 5.86. The summed E-state index contributed by atoms with van der Waals surface area (Å²) in [6, 6.07) is 10.1. The Morgan fingerprint density at radius 3 is 2.80 bits per heavy atom. The Kier molecular flexibility index (Phi) is 6.05. The van der Waals surface area contributed by atoms with Gasteiger partial charge in [0.25, 0.3) is 0 Å². The summed E-state index contributed by atoms with van der Waals surface area (Å²) in [5, 5.41) is 4.64. The summed E-state index contributed by atoms with van der Waals surface area (Å²) >= 11 is 0.